The largest absolute Gasteiger partial charge is 0.478 e. The molecule has 1 N–H and O–H groups in total. The van der Waals surface area contributed by atoms with E-state index in [9.17, 15) is 9.59 Å². The minimum Gasteiger partial charge on any atom is -0.478 e. The molecule has 1 saturated heterocycles. The van der Waals surface area contributed by atoms with Crippen LogP contribution in [0.2, 0.25) is 0 Å². The Labute approximate surface area is 124 Å². The van der Waals surface area contributed by atoms with Crippen LogP contribution in [-0.2, 0) is 11.3 Å². The maximum atomic E-state index is 12.0. The van der Waals surface area contributed by atoms with Gasteiger partial charge in [-0.25, -0.2) is 4.79 Å². The van der Waals surface area contributed by atoms with Crippen molar-refractivity contribution in [2.45, 2.75) is 19.4 Å². The third-order valence-corrected chi connectivity index (χ3v) is 3.74. The van der Waals surface area contributed by atoms with Crippen LogP contribution in [-0.4, -0.2) is 70.3 Å². The molecule has 7 heteroatoms. The van der Waals surface area contributed by atoms with Gasteiger partial charge in [0.25, 0.3) is 0 Å². The molecular weight excluding hydrogens is 272 g/mol. The molecule has 21 heavy (non-hydrogen) atoms. The van der Waals surface area contributed by atoms with Crippen LogP contribution in [0.5, 0.6) is 0 Å². The van der Waals surface area contributed by atoms with E-state index < -0.39 is 5.97 Å². The van der Waals surface area contributed by atoms with Gasteiger partial charge in [0.15, 0.2) is 0 Å². The van der Waals surface area contributed by atoms with Gasteiger partial charge in [-0.2, -0.15) is 5.10 Å². The summed E-state index contributed by atoms with van der Waals surface area (Å²) in [5, 5.41) is 12.9. The van der Waals surface area contributed by atoms with Crippen LogP contribution in [0.25, 0.3) is 0 Å². The minimum atomic E-state index is -0.953. The molecule has 2 heterocycles. The second-order valence-electron chi connectivity index (χ2n) is 5.82. The fourth-order valence-electron chi connectivity index (χ4n) is 2.57. The first-order valence-corrected chi connectivity index (χ1v) is 7.14. The highest BCUT2D eigenvalue weighted by molar-refractivity contribution is 5.86. The van der Waals surface area contributed by atoms with Crippen molar-refractivity contribution >= 4 is 11.9 Å². The molecular formula is C14H22N4O3. The number of hydrogen-bond donors (Lipinski definition) is 1. The van der Waals surface area contributed by atoms with Gasteiger partial charge >= 0.3 is 5.97 Å². The molecule has 1 amide bonds. The Kier molecular flexibility index (Phi) is 4.95. The monoisotopic (exact) mass is 294 g/mol. The normalized spacial score (nSPS) is 16.4. The molecule has 1 aliphatic heterocycles. The molecule has 0 saturated carbocycles. The number of hydrogen-bond acceptors (Lipinski definition) is 4. The zero-order valence-electron chi connectivity index (χ0n) is 12.5. The lowest BCUT2D eigenvalue weighted by molar-refractivity contribution is -0.133. The van der Waals surface area contributed by atoms with Crippen molar-refractivity contribution in [2.75, 3.05) is 33.7 Å². The maximum Gasteiger partial charge on any atom is 0.338 e. The predicted molar refractivity (Wildman–Crippen MR) is 77.0 cm³/mol. The van der Waals surface area contributed by atoms with Crippen LogP contribution in [0, 0.1) is 5.92 Å². The number of rotatable bonds is 5. The smallest absolute Gasteiger partial charge is 0.338 e. The van der Waals surface area contributed by atoms with Gasteiger partial charge in [0.2, 0.25) is 5.91 Å². The summed E-state index contributed by atoms with van der Waals surface area (Å²) in [5.74, 6) is -0.342. The summed E-state index contributed by atoms with van der Waals surface area (Å²) in [7, 11) is 3.78. The molecule has 1 aromatic rings. The topological polar surface area (TPSA) is 78.7 Å². The molecule has 1 aromatic heterocycles. The number of piperidine rings is 1. The lowest BCUT2D eigenvalue weighted by Crippen LogP contribution is -2.43. The van der Waals surface area contributed by atoms with Crippen LogP contribution in [0.1, 0.15) is 23.2 Å². The Morgan fingerprint density at radius 2 is 2.05 bits per heavy atom. The zero-order chi connectivity index (χ0) is 15.4. The minimum absolute atomic E-state index is 0.172. The van der Waals surface area contributed by atoms with Crippen molar-refractivity contribution in [1.29, 1.82) is 0 Å². The van der Waals surface area contributed by atoms with Crippen molar-refractivity contribution in [3.8, 4) is 0 Å². The van der Waals surface area contributed by atoms with Crippen molar-refractivity contribution in [3.05, 3.63) is 18.0 Å². The number of aromatic carboxylic acids is 1. The molecule has 0 aromatic carbocycles. The number of carbonyl (C=O) groups excluding carboxylic acids is 1. The highest BCUT2D eigenvalue weighted by Gasteiger charge is 2.23. The molecule has 0 radical (unpaired) electrons. The molecule has 0 bridgehead atoms. The Bertz CT molecular complexity index is 504. The van der Waals surface area contributed by atoms with Crippen molar-refractivity contribution in [2.24, 2.45) is 5.92 Å². The maximum absolute atomic E-state index is 12.0. The van der Waals surface area contributed by atoms with Crippen LogP contribution in [0.4, 0.5) is 0 Å². The Morgan fingerprint density at radius 1 is 1.38 bits per heavy atom. The van der Waals surface area contributed by atoms with E-state index in [4.69, 9.17) is 5.11 Å². The lowest BCUT2D eigenvalue weighted by atomic mass is 9.97. The van der Waals surface area contributed by atoms with E-state index in [0.717, 1.165) is 25.9 Å². The number of carbonyl (C=O) groups is 2. The fourth-order valence-corrected chi connectivity index (χ4v) is 2.57. The van der Waals surface area contributed by atoms with Gasteiger partial charge in [-0.1, -0.05) is 0 Å². The van der Waals surface area contributed by atoms with Gasteiger partial charge in [0, 0.05) is 25.8 Å². The third kappa shape index (κ3) is 4.29. The Morgan fingerprint density at radius 3 is 2.57 bits per heavy atom. The number of carboxylic acid groups (broad SMARTS) is 1. The highest BCUT2D eigenvalue weighted by Crippen LogP contribution is 2.19. The van der Waals surface area contributed by atoms with E-state index in [-0.39, 0.29) is 11.5 Å². The van der Waals surface area contributed by atoms with Gasteiger partial charge in [0.05, 0.1) is 18.3 Å². The number of likely N-dealkylation sites (tertiary alicyclic amines) is 1. The predicted octanol–water partition coefficient (Wildman–Crippen LogP) is 0.382. The van der Waals surface area contributed by atoms with E-state index in [1.807, 2.05) is 23.9 Å². The fraction of sp³-hybridized carbons (Fsp3) is 0.643. The number of amides is 1. The standard InChI is InChI=1S/C14H22N4O3/c1-16(2)10-13(19)17-5-3-11(4-6-17)8-18-9-12(7-15-18)14(20)21/h7,9,11H,3-6,8,10H2,1-2H3,(H,20,21). The SMILES string of the molecule is CN(C)CC(=O)N1CCC(Cn2cc(C(=O)O)cn2)CC1. The van der Waals surface area contributed by atoms with E-state index >= 15 is 0 Å². The number of likely N-dealkylation sites (N-methyl/N-ethyl adjacent to an activating group) is 1. The van der Waals surface area contributed by atoms with Crippen LogP contribution in [0.3, 0.4) is 0 Å². The molecule has 2 rings (SSSR count). The van der Waals surface area contributed by atoms with Crippen LogP contribution >= 0.6 is 0 Å². The average Bonchev–Trinajstić information content (AvgIpc) is 2.87. The van der Waals surface area contributed by atoms with Gasteiger partial charge in [0.1, 0.15) is 0 Å². The van der Waals surface area contributed by atoms with Crippen molar-refractivity contribution in [1.82, 2.24) is 19.6 Å². The zero-order valence-corrected chi connectivity index (χ0v) is 12.5. The molecule has 0 aliphatic carbocycles. The second kappa shape index (κ2) is 6.71. The molecule has 1 fully saturated rings. The van der Waals surface area contributed by atoms with Crippen molar-refractivity contribution < 1.29 is 14.7 Å². The summed E-state index contributed by atoms with van der Waals surface area (Å²) < 4.78 is 1.69. The summed E-state index contributed by atoms with van der Waals surface area (Å²) in [5.41, 5.74) is 0.216. The van der Waals surface area contributed by atoms with Gasteiger partial charge in [-0.05, 0) is 32.9 Å². The Hall–Kier alpha value is -1.89. The summed E-state index contributed by atoms with van der Waals surface area (Å²) in [6.45, 7) is 2.70. The first-order chi connectivity index (χ1) is 9.95. The summed E-state index contributed by atoms with van der Waals surface area (Å²) in [6.07, 6.45) is 4.80. The molecule has 0 unspecified atom stereocenters. The molecule has 0 spiro atoms. The first-order valence-electron chi connectivity index (χ1n) is 7.14. The van der Waals surface area contributed by atoms with E-state index in [1.54, 1.807) is 10.9 Å². The van der Waals surface area contributed by atoms with Gasteiger partial charge in [-0.3, -0.25) is 9.48 Å². The van der Waals surface area contributed by atoms with E-state index in [0.29, 0.717) is 19.0 Å². The molecule has 7 nitrogen and oxygen atoms in total. The number of carboxylic acids is 1. The molecule has 0 atom stereocenters. The van der Waals surface area contributed by atoms with Gasteiger partial charge in [-0.15, -0.1) is 0 Å². The van der Waals surface area contributed by atoms with Crippen LogP contribution < -0.4 is 0 Å². The van der Waals surface area contributed by atoms with E-state index in [1.165, 1.54) is 6.20 Å². The second-order valence-corrected chi connectivity index (χ2v) is 5.82. The van der Waals surface area contributed by atoms with Gasteiger partial charge < -0.3 is 14.9 Å². The van der Waals surface area contributed by atoms with Crippen molar-refractivity contribution in [3.63, 3.8) is 0 Å². The quantitative estimate of drug-likeness (QED) is 0.849. The summed E-state index contributed by atoms with van der Waals surface area (Å²) in [6, 6.07) is 0. The highest BCUT2D eigenvalue weighted by atomic mass is 16.4. The number of aromatic nitrogens is 2. The average molecular weight is 294 g/mol. The van der Waals surface area contributed by atoms with E-state index in [2.05, 4.69) is 5.10 Å². The summed E-state index contributed by atoms with van der Waals surface area (Å²) in [4.78, 5) is 26.5. The molecule has 116 valence electrons. The Balaban J connectivity index is 1.81. The lowest BCUT2D eigenvalue weighted by Gasteiger charge is -2.32. The first kappa shape index (κ1) is 15.5. The van der Waals surface area contributed by atoms with Crippen LogP contribution in [0.15, 0.2) is 12.4 Å². The third-order valence-electron chi connectivity index (χ3n) is 3.74. The number of nitrogens with zero attached hydrogens (tertiary/aromatic N) is 4. The summed E-state index contributed by atoms with van der Waals surface area (Å²) >= 11 is 0. The molecule has 1 aliphatic rings.